The fourth-order valence-corrected chi connectivity index (χ4v) is 3.14. The highest BCUT2D eigenvalue weighted by molar-refractivity contribution is 7.99. The Morgan fingerprint density at radius 2 is 2.39 bits per heavy atom. The third kappa shape index (κ3) is 2.87. The highest BCUT2D eigenvalue weighted by Gasteiger charge is 2.23. The topological polar surface area (TPSA) is 64.4 Å². The molecule has 1 N–H and O–H groups in total. The van der Waals surface area contributed by atoms with E-state index in [9.17, 15) is 10.1 Å². The van der Waals surface area contributed by atoms with Crippen molar-refractivity contribution in [1.82, 2.24) is 0 Å². The van der Waals surface area contributed by atoms with Gasteiger partial charge in [-0.15, -0.1) is 0 Å². The van der Waals surface area contributed by atoms with E-state index in [0.29, 0.717) is 17.5 Å². The minimum absolute atomic E-state index is 0.0237. The van der Waals surface area contributed by atoms with Crippen LogP contribution in [0.25, 0.3) is 0 Å². The second kappa shape index (κ2) is 5.95. The monoisotopic (exact) mass is 268 g/mol. The van der Waals surface area contributed by atoms with Gasteiger partial charge in [0.25, 0.3) is 0 Å². The number of nitro groups is 1. The lowest BCUT2D eigenvalue weighted by Gasteiger charge is -2.23. The van der Waals surface area contributed by atoms with Gasteiger partial charge in [-0.1, -0.05) is 6.07 Å². The maximum Gasteiger partial charge on any atom is 0.333 e. The second-order valence-corrected chi connectivity index (χ2v) is 5.32. The number of anilines is 1. The lowest BCUT2D eigenvalue weighted by Crippen LogP contribution is -2.26. The van der Waals surface area contributed by atoms with Gasteiger partial charge in [0.2, 0.25) is 0 Å². The molecule has 1 aliphatic rings. The normalized spacial score (nSPS) is 19.3. The maximum absolute atomic E-state index is 11.1. The Kier molecular flexibility index (Phi) is 4.30. The van der Waals surface area contributed by atoms with Gasteiger partial charge in [-0.3, -0.25) is 10.1 Å². The standard InChI is InChI=1S/C12H16N2O3S/c1-17-11-6-2-5-10(12(11)14(15)16)13-9-4-3-7-18-8-9/h2,5-6,9,13H,3-4,7-8H2,1H3. The van der Waals surface area contributed by atoms with Gasteiger partial charge in [-0.05, 0) is 30.7 Å². The minimum atomic E-state index is -0.392. The molecule has 5 nitrogen and oxygen atoms in total. The molecule has 0 aromatic heterocycles. The Morgan fingerprint density at radius 1 is 1.56 bits per heavy atom. The van der Waals surface area contributed by atoms with Gasteiger partial charge in [0.1, 0.15) is 5.69 Å². The van der Waals surface area contributed by atoms with Gasteiger partial charge in [0.05, 0.1) is 12.0 Å². The molecule has 0 radical (unpaired) electrons. The summed E-state index contributed by atoms with van der Waals surface area (Å²) in [5.74, 6) is 2.47. The molecule has 0 saturated carbocycles. The summed E-state index contributed by atoms with van der Waals surface area (Å²) in [6, 6.07) is 5.41. The van der Waals surface area contributed by atoms with Crippen LogP contribution in [0.5, 0.6) is 5.75 Å². The summed E-state index contributed by atoms with van der Waals surface area (Å²) in [5.41, 5.74) is 0.572. The molecule has 6 heteroatoms. The van der Waals surface area contributed by atoms with Crippen LogP contribution < -0.4 is 10.1 Å². The predicted octanol–water partition coefficient (Wildman–Crippen LogP) is 2.91. The number of hydrogen-bond donors (Lipinski definition) is 1. The third-order valence-corrected chi connectivity index (χ3v) is 4.14. The van der Waals surface area contributed by atoms with Gasteiger partial charge < -0.3 is 10.1 Å². The number of para-hydroxylation sites is 1. The van der Waals surface area contributed by atoms with Crippen molar-refractivity contribution in [3.05, 3.63) is 28.3 Å². The molecule has 18 heavy (non-hydrogen) atoms. The lowest BCUT2D eigenvalue weighted by molar-refractivity contribution is -0.384. The smallest absolute Gasteiger partial charge is 0.333 e. The molecular weight excluding hydrogens is 252 g/mol. The van der Waals surface area contributed by atoms with E-state index < -0.39 is 4.92 Å². The zero-order valence-electron chi connectivity index (χ0n) is 10.2. The van der Waals surface area contributed by atoms with Crippen molar-refractivity contribution in [2.75, 3.05) is 23.9 Å². The van der Waals surface area contributed by atoms with Crippen molar-refractivity contribution in [3.8, 4) is 5.75 Å². The Labute approximate surface area is 110 Å². The van der Waals surface area contributed by atoms with E-state index in [0.717, 1.165) is 18.6 Å². The number of nitrogens with zero attached hydrogens (tertiary/aromatic N) is 1. The number of nitrogens with one attached hydrogen (secondary N) is 1. The minimum Gasteiger partial charge on any atom is -0.490 e. The maximum atomic E-state index is 11.1. The number of methoxy groups -OCH3 is 1. The number of rotatable bonds is 4. The number of thioether (sulfide) groups is 1. The number of nitro benzene ring substituents is 1. The van der Waals surface area contributed by atoms with Crippen LogP contribution in [0.4, 0.5) is 11.4 Å². The van der Waals surface area contributed by atoms with Crippen molar-refractivity contribution in [2.45, 2.75) is 18.9 Å². The van der Waals surface area contributed by atoms with E-state index in [2.05, 4.69) is 5.32 Å². The molecule has 1 saturated heterocycles. The summed E-state index contributed by atoms with van der Waals surface area (Å²) < 4.78 is 5.05. The van der Waals surface area contributed by atoms with Crippen molar-refractivity contribution < 1.29 is 9.66 Å². The summed E-state index contributed by atoms with van der Waals surface area (Å²) in [6.45, 7) is 0. The first-order valence-electron chi connectivity index (χ1n) is 5.88. The molecule has 2 rings (SSSR count). The Bertz CT molecular complexity index is 433. The molecule has 1 aromatic rings. The summed E-state index contributed by atoms with van der Waals surface area (Å²) in [7, 11) is 1.45. The van der Waals surface area contributed by atoms with Gasteiger partial charge in [0.15, 0.2) is 5.75 Å². The molecule has 1 atom stereocenters. The first-order valence-corrected chi connectivity index (χ1v) is 7.03. The van der Waals surface area contributed by atoms with Gasteiger partial charge in [-0.2, -0.15) is 11.8 Å². The van der Waals surface area contributed by atoms with Crippen molar-refractivity contribution >= 4 is 23.1 Å². The van der Waals surface area contributed by atoms with Crippen molar-refractivity contribution in [1.29, 1.82) is 0 Å². The Morgan fingerprint density at radius 3 is 3.00 bits per heavy atom. The first-order chi connectivity index (χ1) is 8.72. The van der Waals surface area contributed by atoms with Gasteiger partial charge in [0, 0.05) is 11.8 Å². The van der Waals surface area contributed by atoms with E-state index in [-0.39, 0.29) is 5.69 Å². The van der Waals surface area contributed by atoms with Crippen LogP contribution in [0.15, 0.2) is 18.2 Å². The molecule has 1 aliphatic heterocycles. The average Bonchev–Trinajstić information content (AvgIpc) is 2.39. The average molecular weight is 268 g/mol. The molecular formula is C12H16N2O3S. The zero-order valence-corrected chi connectivity index (χ0v) is 11.0. The highest BCUT2D eigenvalue weighted by Crippen LogP contribution is 2.35. The van der Waals surface area contributed by atoms with Crippen molar-refractivity contribution in [2.24, 2.45) is 0 Å². The second-order valence-electron chi connectivity index (χ2n) is 4.17. The van der Waals surface area contributed by atoms with Crippen LogP contribution in [0.2, 0.25) is 0 Å². The van der Waals surface area contributed by atoms with Crippen LogP contribution in [0.1, 0.15) is 12.8 Å². The van der Waals surface area contributed by atoms with Crippen molar-refractivity contribution in [3.63, 3.8) is 0 Å². The van der Waals surface area contributed by atoms with E-state index in [1.807, 2.05) is 11.8 Å². The predicted molar refractivity (Wildman–Crippen MR) is 73.6 cm³/mol. The first kappa shape index (κ1) is 13.0. The van der Waals surface area contributed by atoms with Gasteiger partial charge in [-0.25, -0.2) is 0 Å². The highest BCUT2D eigenvalue weighted by atomic mass is 32.2. The van der Waals surface area contributed by atoms with Gasteiger partial charge >= 0.3 is 5.69 Å². The summed E-state index contributed by atoms with van der Waals surface area (Å²) >= 11 is 1.88. The van der Waals surface area contributed by atoms with E-state index in [1.54, 1.807) is 18.2 Å². The van der Waals surface area contributed by atoms with E-state index >= 15 is 0 Å². The lowest BCUT2D eigenvalue weighted by atomic mass is 10.1. The Hall–Kier alpha value is -1.43. The zero-order chi connectivity index (χ0) is 13.0. The number of benzene rings is 1. The molecule has 0 bridgehead atoms. The SMILES string of the molecule is COc1cccc(NC2CCCSC2)c1[N+](=O)[O-]. The van der Waals surface area contributed by atoms with Crippen LogP contribution in [-0.2, 0) is 0 Å². The fraction of sp³-hybridized carbons (Fsp3) is 0.500. The Balaban J connectivity index is 2.23. The quantitative estimate of drug-likeness (QED) is 0.672. The largest absolute Gasteiger partial charge is 0.490 e. The fourth-order valence-electron chi connectivity index (χ4n) is 2.07. The van der Waals surface area contributed by atoms with Crippen LogP contribution >= 0.6 is 11.8 Å². The summed E-state index contributed by atoms with van der Waals surface area (Å²) in [4.78, 5) is 10.7. The van der Waals surface area contributed by atoms with E-state index in [4.69, 9.17) is 4.74 Å². The van der Waals surface area contributed by atoms with E-state index in [1.165, 1.54) is 12.9 Å². The molecule has 1 heterocycles. The molecule has 1 unspecified atom stereocenters. The summed E-state index contributed by atoms with van der Waals surface area (Å²) in [5, 5.41) is 14.4. The third-order valence-electron chi connectivity index (χ3n) is 2.92. The molecule has 98 valence electrons. The number of ether oxygens (including phenoxy) is 1. The molecule has 0 aliphatic carbocycles. The number of hydrogen-bond acceptors (Lipinski definition) is 5. The van der Waals surface area contributed by atoms with Crippen LogP contribution in [0.3, 0.4) is 0 Å². The molecule has 1 fully saturated rings. The molecule has 1 aromatic carbocycles. The molecule has 0 spiro atoms. The van der Waals surface area contributed by atoms with Crippen LogP contribution in [-0.4, -0.2) is 29.6 Å². The van der Waals surface area contributed by atoms with Crippen LogP contribution in [0, 0.1) is 10.1 Å². The summed E-state index contributed by atoms with van der Waals surface area (Å²) in [6.07, 6.45) is 2.21. The molecule has 0 amide bonds.